The standard InChI is InChI=1S/C13H17NO4S/c1-4-19(17,18)11-5-6-13(16)12(8-11)14-9(2)7-10(3)15/h5-8,14,16H,4H2,1-3H3/b9-7-. The highest BCUT2D eigenvalue weighted by Crippen LogP contribution is 2.27. The van der Waals surface area contributed by atoms with Gasteiger partial charge in [-0.05, 0) is 38.1 Å². The summed E-state index contributed by atoms with van der Waals surface area (Å²) in [5.41, 5.74) is 0.776. The molecule has 0 bridgehead atoms. The first-order valence-corrected chi connectivity index (χ1v) is 7.43. The van der Waals surface area contributed by atoms with E-state index in [4.69, 9.17) is 0 Å². The molecule has 0 amide bonds. The van der Waals surface area contributed by atoms with Gasteiger partial charge in [-0.3, -0.25) is 4.79 Å². The number of phenols is 1. The van der Waals surface area contributed by atoms with Crippen molar-refractivity contribution in [2.45, 2.75) is 25.7 Å². The van der Waals surface area contributed by atoms with Crippen LogP contribution in [-0.2, 0) is 14.6 Å². The van der Waals surface area contributed by atoms with E-state index in [0.717, 1.165) is 0 Å². The zero-order valence-corrected chi connectivity index (χ0v) is 11.9. The van der Waals surface area contributed by atoms with E-state index in [9.17, 15) is 18.3 Å². The Morgan fingerprint density at radius 2 is 2.00 bits per heavy atom. The van der Waals surface area contributed by atoms with E-state index in [-0.39, 0.29) is 27.9 Å². The Balaban J connectivity index is 3.16. The highest BCUT2D eigenvalue weighted by atomic mass is 32.2. The number of hydrogen-bond donors (Lipinski definition) is 2. The van der Waals surface area contributed by atoms with Crippen molar-refractivity contribution in [3.8, 4) is 5.75 Å². The Hall–Kier alpha value is -1.82. The highest BCUT2D eigenvalue weighted by Gasteiger charge is 2.14. The number of allylic oxidation sites excluding steroid dienone is 2. The van der Waals surface area contributed by atoms with Gasteiger partial charge in [0, 0.05) is 5.70 Å². The first-order chi connectivity index (χ1) is 8.76. The molecule has 2 N–H and O–H groups in total. The minimum Gasteiger partial charge on any atom is -0.506 e. The molecule has 1 aromatic carbocycles. The molecule has 0 aliphatic carbocycles. The summed E-state index contributed by atoms with van der Waals surface area (Å²) in [6.07, 6.45) is 1.36. The molecule has 0 spiro atoms. The van der Waals surface area contributed by atoms with Crippen molar-refractivity contribution in [2.24, 2.45) is 0 Å². The summed E-state index contributed by atoms with van der Waals surface area (Å²) < 4.78 is 23.5. The molecule has 0 aliphatic rings. The maximum atomic E-state index is 11.7. The van der Waals surface area contributed by atoms with Crippen LogP contribution in [0, 0.1) is 0 Å². The molecular formula is C13H17NO4S. The number of anilines is 1. The number of nitrogens with one attached hydrogen (secondary N) is 1. The quantitative estimate of drug-likeness (QED) is 0.638. The molecule has 0 saturated carbocycles. The molecular weight excluding hydrogens is 266 g/mol. The van der Waals surface area contributed by atoms with Gasteiger partial charge in [-0.1, -0.05) is 6.92 Å². The summed E-state index contributed by atoms with van der Waals surface area (Å²) in [4.78, 5) is 11.1. The second-order valence-electron chi connectivity index (χ2n) is 4.15. The maximum Gasteiger partial charge on any atom is 0.178 e. The van der Waals surface area contributed by atoms with Gasteiger partial charge in [0.1, 0.15) is 5.75 Å². The van der Waals surface area contributed by atoms with Crippen molar-refractivity contribution in [3.05, 3.63) is 30.0 Å². The van der Waals surface area contributed by atoms with E-state index in [1.165, 1.54) is 31.2 Å². The normalized spacial score (nSPS) is 12.3. The zero-order valence-electron chi connectivity index (χ0n) is 11.1. The Morgan fingerprint density at radius 1 is 1.37 bits per heavy atom. The lowest BCUT2D eigenvalue weighted by Gasteiger charge is -2.10. The summed E-state index contributed by atoms with van der Waals surface area (Å²) in [6, 6.07) is 4.01. The van der Waals surface area contributed by atoms with Crippen LogP contribution in [0.2, 0.25) is 0 Å². The highest BCUT2D eigenvalue weighted by molar-refractivity contribution is 7.91. The summed E-state index contributed by atoms with van der Waals surface area (Å²) in [6.45, 7) is 4.61. The van der Waals surface area contributed by atoms with Crippen LogP contribution in [-0.4, -0.2) is 25.1 Å². The fourth-order valence-electron chi connectivity index (χ4n) is 1.53. The van der Waals surface area contributed by atoms with Gasteiger partial charge in [0.05, 0.1) is 16.3 Å². The number of aromatic hydroxyl groups is 1. The number of carbonyl (C=O) groups excluding carboxylic acids is 1. The number of carbonyl (C=O) groups is 1. The van der Waals surface area contributed by atoms with E-state index >= 15 is 0 Å². The predicted octanol–water partition coefficient (Wildman–Crippen LogP) is 2.09. The number of hydrogen-bond acceptors (Lipinski definition) is 5. The lowest BCUT2D eigenvalue weighted by Crippen LogP contribution is -2.05. The summed E-state index contributed by atoms with van der Waals surface area (Å²) >= 11 is 0. The van der Waals surface area contributed by atoms with Crippen LogP contribution in [0.5, 0.6) is 5.75 Å². The maximum absolute atomic E-state index is 11.7. The van der Waals surface area contributed by atoms with Gasteiger partial charge in [-0.25, -0.2) is 8.42 Å². The van der Waals surface area contributed by atoms with Crippen LogP contribution in [0.3, 0.4) is 0 Å². The van der Waals surface area contributed by atoms with E-state index in [1.54, 1.807) is 13.8 Å². The molecule has 0 fully saturated rings. The summed E-state index contributed by atoms with van der Waals surface area (Å²) in [7, 11) is -3.33. The van der Waals surface area contributed by atoms with Gasteiger partial charge in [0.25, 0.3) is 0 Å². The van der Waals surface area contributed by atoms with E-state index in [0.29, 0.717) is 5.70 Å². The van der Waals surface area contributed by atoms with E-state index in [2.05, 4.69) is 5.32 Å². The van der Waals surface area contributed by atoms with Crippen molar-refractivity contribution in [3.63, 3.8) is 0 Å². The molecule has 1 rings (SSSR count). The smallest absolute Gasteiger partial charge is 0.178 e. The van der Waals surface area contributed by atoms with Gasteiger partial charge in [0.15, 0.2) is 15.6 Å². The van der Waals surface area contributed by atoms with Crippen LogP contribution in [0.1, 0.15) is 20.8 Å². The molecule has 0 atom stereocenters. The van der Waals surface area contributed by atoms with Crippen LogP contribution >= 0.6 is 0 Å². The Labute approximate surface area is 112 Å². The fraction of sp³-hybridized carbons (Fsp3) is 0.308. The molecule has 0 unspecified atom stereocenters. The predicted molar refractivity (Wildman–Crippen MR) is 73.9 cm³/mol. The molecule has 0 heterocycles. The summed E-state index contributed by atoms with van der Waals surface area (Å²) in [5, 5.41) is 12.5. The molecule has 0 radical (unpaired) electrons. The van der Waals surface area contributed by atoms with Crippen LogP contribution in [0.25, 0.3) is 0 Å². The molecule has 0 aromatic heterocycles. The number of benzene rings is 1. The number of rotatable bonds is 5. The molecule has 1 aromatic rings. The van der Waals surface area contributed by atoms with Crippen molar-refractivity contribution < 1.29 is 18.3 Å². The fourth-order valence-corrected chi connectivity index (χ4v) is 2.43. The molecule has 19 heavy (non-hydrogen) atoms. The first-order valence-electron chi connectivity index (χ1n) is 5.78. The number of phenolic OH excluding ortho intramolecular Hbond substituents is 1. The SMILES string of the molecule is CCS(=O)(=O)c1ccc(O)c(N/C(C)=C\C(C)=O)c1. The van der Waals surface area contributed by atoms with Gasteiger partial charge >= 0.3 is 0 Å². The number of sulfone groups is 1. The van der Waals surface area contributed by atoms with Crippen LogP contribution in [0.15, 0.2) is 34.9 Å². The second-order valence-corrected chi connectivity index (χ2v) is 6.42. The van der Waals surface area contributed by atoms with E-state index < -0.39 is 9.84 Å². The van der Waals surface area contributed by atoms with Crippen molar-refractivity contribution >= 4 is 21.3 Å². The van der Waals surface area contributed by atoms with Crippen molar-refractivity contribution in [1.82, 2.24) is 0 Å². The van der Waals surface area contributed by atoms with E-state index in [1.807, 2.05) is 0 Å². The lowest BCUT2D eigenvalue weighted by atomic mass is 10.2. The molecule has 0 saturated heterocycles. The van der Waals surface area contributed by atoms with Crippen molar-refractivity contribution in [2.75, 3.05) is 11.1 Å². The Bertz CT molecular complexity index is 618. The van der Waals surface area contributed by atoms with Crippen LogP contribution in [0.4, 0.5) is 5.69 Å². The minimum absolute atomic E-state index is 0.0144. The van der Waals surface area contributed by atoms with Gasteiger partial charge in [0.2, 0.25) is 0 Å². The van der Waals surface area contributed by atoms with Gasteiger partial charge < -0.3 is 10.4 Å². The topological polar surface area (TPSA) is 83.5 Å². The minimum atomic E-state index is -3.33. The average Bonchev–Trinajstić information content (AvgIpc) is 2.30. The number of ketones is 1. The van der Waals surface area contributed by atoms with Gasteiger partial charge in [-0.15, -0.1) is 0 Å². The molecule has 0 aliphatic heterocycles. The monoisotopic (exact) mass is 283 g/mol. The third-order valence-electron chi connectivity index (χ3n) is 2.46. The third kappa shape index (κ3) is 4.10. The second kappa shape index (κ2) is 5.88. The first kappa shape index (κ1) is 15.2. The Kier molecular flexibility index (Phi) is 4.72. The average molecular weight is 283 g/mol. The van der Waals surface area contributed by atoms with Crippen molar-refractivity contribution in [1.29, 1.82) is 0 Å². The molecule has 104 valence electrons. The van der Waals surface area contributed by atoms with Gasteiger partial charge in [-0.2, -0.15) is 0 Å². The molecule has 5 nitrogen and oxygen atoms in total. The Morgan fingerprint density at radius 3 is 2.53 bits per heavy atom. The zero-order chi connectivity index (χ0) is 14.6. The molecule has 6 heteroatoms. The summed E-state index contributed by atoms with van der Waals surface area (Å²) in [5.74, 6) is -0.229. The lowest BCUT2D eigenvalue weighted by molar-refractivity contribution is -0.112. The van der Waals surface area contributed by atoms with Crippen LogP contribution < -0.4 is 5.32 Å². The largest absolute Gasteiger partial charge is 0.506 e. The third-order valence-corrected chi connectivity index (χ3v) is 4.19.